The summed E-state index contributed by atoms with van der Waals surface area (Å²) in [5.74, 6) is -2.06. The van der Waals surface area contributed by atoms with Crippen LogP contribution in [0.15, 0.2) is 29.0 Å². The van der Waals surface area contributed by atoms with E-state index in [1.54, 1.807) is 20.2 Å². The molecule has 4 amide bonds. The van der Waals surface area contributed by atoms with Gasteiger partial charge in [0.2, 0.25) is 17.7 Å². The summed E-state index contributed by atoms with van der Waals surface area (Å²) in [4.78, 5) is 69.4. The maximum atomic E-state index is 13.7. The van der Waals surface area contributed by atoms with Gasteiger partial charge < -0.3 is 61.6 Å². The van der Waals surface area contributed by atoms with Gasteiger partial charge in [0.05, 0.1) is 24.7 Å². The van der Waals surface area contributed by atoms with Gasteiger partial charge in [0.15, 0.2) is 23.6 Å². The Balaban J connectivity index is 1.22. The van der Waals surface area contributed by atoms with Crippen LogP contribution in [-0.4, -0.2) is 133 Å². The Morgan fingerprint density at radius 1 is 1.19 bits per heavy atom. The molecule has 0 saturated carbocycles. The van der Waals surface area contributed by atoms with Crippen molar-refractivity contribution in [3.05, 3.63) is 35.1 Å². The molecule has 2 bridgehead atoms. The molecule has 0 radical (unpaired) electrons. The van der Waals surface area contributed by atoms with E-state index in [1.165, 1.54) is 4.90 Å². The quantitative estimate of drug-likeness (QED) is 0.0478. The van der Waals surface area contributed by atoms with Gasteiger partial charge in [0.1, 0.15) is 18.2 Å². The van der Waals surface area contributed by atoms with Crippen molar-refractivity contribution in [2.45, 2.75) is 81.6 Å². The Kier molecular flexibility index (Phi) is 11.7. The number of rotatable bonds is 16. The number of hydrogen-bond acceptors (Lipinski definition) is 11. The van der Waals surface area contributed by atoms with Crippen molar-refractivity contribution in [1.82, 2.24) is 25.8 Å². The van der Waals surface area contributed by atoms with Crippen LogP contribution in [0.4, 0.5) is 4.79 Å². The summed E-state index contributed by atoms with van der Waals surface area (Å²) in [5.41, 5.74) is 10.1. The van der Waals surface area contributed by atoms with Crippen LogP contribution in [-0.2, 0) is 35.8 Å². The highest BCUT2D eigenvalue weighted by Crippen LogP contribution is 2.65. The van der Waals surface area contributed by atoms with Crippen molar-refractivity contribution in [2.24, 2.45) is 21.9 Å². The van der Waals surface area contributed by atoms with Crippen LogP contribution < -0.4 is 36.9 Å². The number of benzene rings is 1. The number of guanidine groups is 1. The van der Waals surface area contributed by atoms with Crippen LogP contribution >= 0.6 is 0 Å². The van der Waals surface area contributed by atoms with Crippen LogP contribution in [0, 0.1) is 5.41 Å². The van der Waals surface area contributed by atoms with Gasteiger partial charge >= 0.3 is 12.1 Å². The third kappa shape index (κ3) is 7.89. The third-order valence-corrected chi connectivity index (χ3v) is 10.8. The molecular formula is C36H52N8O10. The Morgan fingerprint density at radius 2 is 1.93 bits per heavy atom. The number of carbonyl (C=O) groups is 5. The van der Waals surface area contributed by atoms with Gasteiger partial charge in [-0.1, -0.05) is 19.9 Å². The molecule has 2 aliphatic carbocycles. The van der Waals surface area contributed by atoms with Gasteiger partial charge in [0.25, 0.3) is 0 Å². The molecule has 5 unspecified atom stereocenters. The van der Waals surface area contributed by atoms with Crippen LogP contribution in [0.1, 0.15) is 57.1 Å². The molecule has 2 heterocycles. The topological polar surface area (TPSA) is 260 Å². The highest BCUT2D eigenvalue weighted by molar-refractivity contribution is 5.95. The van der Waals surface area contributed by atoms with E-state index in [0.717, 1.165) is 17.7 Å². The summed E-state index contributed by atoms with van der Waals surface area (Å²) < 4.78 is 18.3. The highest BCUT2D eigenvalue weighted by Gasteiger charge is 2.72. The normalized spacial score (nSPS) is 24.1. The average molecular weight is 757 g/mol. The molecular weight excluding hydrogens is 704 g/mol. The first-order valence-electron chi connectivity index (χ1n) is 18.0. The predicted molar refractivity (Wildman–Crippen MR) is 194 cm³/mol. The monoisotopic (exact) mass is 756 g/mol. The van der Waals surface area contributed by atoms with E-state index in [4.69, 9.17) is 30.8 Å². The van der Waals surface area contributed by atoms with E-state index in [1.807, 2.05) is 33.0 Å². The number of aliphatic imine (C=N–C) groups is 1. The molecule has 1 spiro atoms. The SMILES string of the molecule is COc1ccc2c3c1OC1C(OC(=O)N(C)CC(C)(C)CNC(=O)C(CCCN=C(N)N)NC(=O)CNC(=O)CC(=O)O)=CCC4(O)C(C2)N(C)CCC314. The minimum atomic E-state index is -1.34. The lowest BCUT2D eigenvalue weighted by molar-refractivity contribution is -0.163. The van der Waals surface area contributed by atoms with Crippen LogP contribution in [0.5, 0.6) is 11.5 Å². The molecule has 1 aromatic carbocycles. The van der Waals surface area contributed by atoms with Gasteiger partial charge in [-0.05, 0) is 62.4 Å². The lowest BCUT2D eigenvalue weighted by Crippen LogP contribution is -2.74. The van der Waals surface area contributed by atoms with E-state index >= 15 is 0 Å². The maximum absolute atomic E-state index is 13.7. The molecule has 1 fully saturated rings. The van der Waals surface area contributed by atoms with E-state index < -0.39 is 71.3 Å². The largest absolute Gasteiger partial charge is 0.493 e. The predicted octanol–water partition coefficient (Wildman–Crippen LogP) is -0.687. The Morgan fingerprint density at radius 3 is 2.61 bits per heavy atom. The van der Waals surface area contributed by atoms with Crippen LogP contribution in [0.25, 0.3) is 0 Å². The zero-order valence-corrected chi connectivity index (χ0v) is 31.4. The number of hydrogen-bond donors (Lipinski definition) is 7. The molecule has 1 saturated heterocycles. The highest BCUT2D eigenvalue weighted by atomic mass is 16.6. The number of methoxy groups -OCH3 is 1. The maximum Gasteiger partial charge on any atom is 0.414 e. The Hall–Kier alpha value is -5.10. The van der Waals surface area contributed by atoms with Crippen molar-refractivity contribution in [1.29, 1.82) is 0 Å². The fourth-order valence-electron chi connectivity index (χ4n) is 8.38. The zero-order chi connectivity index (χ0) is 39.6. The minimum Gasteiger partial charge on any atom is -0.493 e. The molecule has 0 aromatic heterocycles. The summed E-state index contributed by atoms with van der Waals surface area (Å²) in [6, 6.07) is 2.74. The number of nitrogens with two attached hydrogens (primary N) is 2. The van der Waals surface area contributed by atoms with Crippen molar-refractivity contribution in [2.75, 3.05) is 53.9 Å². The molecule has 5 atom stereocenters. The second-order valence-corrected chi connectivity index (χ2v) is 15.3. The van der Waals surface area contributed by atoms with Gasteiger partial charge in [0, 0.05) is 44.7 Å². The number of amides is 4. The van der Waals surface area contributed by atoms with Gasteiger partial charge in [-0.3, -0.25) is 24.2 Å². The smallest absolute Gasteiger partial charge is 0.414 e. The van der Waals surface area contributed by atoms with Crippen molar-refractivity contribution < 1.29 is 48.4 Å². The molecule has 9 N–H and O–H groups in total. The van der Waals surface area contributed by atoms with Crippen LogP contribution in [0.3, 0.4) is 0 Å². The Labute approximate surface area is 313 Å². The number of nitrogens with zero attached hydrogens (tertiary/aromatic N) is 3. The summed E-state index contributed by atoms with van der Waals surface area (Å²) >= 11 is 0. The first kappa shape index (κ1) is 40.1. The lowest BCUT2D eigenvalue weighted by Gasteiger charge is -2.61. The van der Waals surface area contributed by atoms with Crippen molar-refractivity contribution in [3.8, 4) is 11.5 Å². The number of aliphatic hydroxyl groups is 1. The number of aliphatic carboxylic acids is 1. The van der Waals surface area contributed by atoms with Gasteiger partial charge in [-0.15, -0.1) is 0 Å². The summed E-state index contributed by atoms with van der Waals surface area (Å²) in [5, 5.41) is 28.8. The molecule has 5 rings (SSSR count). The number of ether oxygens (including phenoxy) is 3. The second kappa shape index (κ2) is 15.7. The first-order valence-corrected chi connectivity index (χ1v) is 18.0. The Bertz CT molecular complexity index is 1730. The second-order valence-electron chi connectivity index (χ2n) is 15.3. The molecule has 296 valence electrons. The number of carbonyl (C=O) groups excluding carboxylic acids is 4. The van der Waals surface area contributed by atoms with E-state index in [-0.39, 0.29) is 44.5 Å². The molecule has 18 heteroatoms. The fraction of sp³-hybridized carbons (Fsp3) is 0.611. The van der Waals surface area contributed by atoms with E-state index in [9.17, 15) is 29.1 Å². The van der Waals surface area contributed by atoms with Gasteiger partial charge in [-0.2, -0.15) is 0 Å². The number of likely N-dealkylation sites (N-methyl/N-ethyl adjacent to an activating group) is 1. The molecule has 2 aliphatic heterocycles. The molecule has 1 aromatic rings. The minimum absolute atomic E-state index is 0.108. The van der Waals surface area contributed by atoms with Crippen molar-refractivity contribution >= 4 is 35.7 Å². The first-order chi connectivity index (χ1) is 25.4. The van der Waals surface area contributed by atoms with E-state index in [2.05, 4.69) is 25.8 Å². The molecule has 4 aliphatic rings. The summed E-state index contributed by atoms with van der Waals surface area (Å²) in [6.07, 6.45) is 1.62. The fourth-order valence-corrected chi connectivity index (χ4v) is 8.38. The standard InChI is InChI=1S/C36H52N8O10/c1-34(2,18-41-31(49)21(7-6-13-39-32(37)38)42-26(46)17-40-25(45)16-27(47)48)19-44(4)33(50)53-23-10-11-36(51)24-15-20-8-9-22(52-5)29-28(20)35(36,30(23)54-29)12-14-43(24)3/h8-10,21,24,30,51H,6-7,11-19H2,1-5H3,(H,40,45)(H,41,49)(H,42,46)(H,47,48)(H4,37,38,39). The van der Waals surface area contributed by atoms with E-state index in [0.29, 0.717) is 36.5 Å². The average Bonchev–Trinajstić information content (AvgIpc) is 3.46. The molecule has 54 heavy (non-hydrogen) atoms. The lowest BCUT2D eigenvalue weighted by atomic mass is 9.50. The number of piperidine rings is 1. The number of carboxylic acids is 1. The zero-order valence-electron chi connectivity index (χ0n) is 31.4. The summed E-state index contributed by atoms with van der Waals surface area (Å²) in [6.45, 7) is 4.39. The summed E-state index contributed by atoms with van der Waals surface area (Å²) in [7, 11) is 5.18. The van der Waals surface area contributed by atoms with Crippen molar-refractivity contribution in [3.63, 3.8) is 0 Å². The van der Waals surface area contributed by atoms with Crippen LogP contribution in [0.2, 0.25) is 0 Å². The number of carboxylic acid groups (broad SMARTS) is 1. The van der Waals surface area contributed by atoms with Gasteiger partial charge in [-0.25, -0.2) is 4.79 Å². The number of likely N-dealkylation sites (tertiary alicyclic amines) is 1. The third-order valence-electron chi connectivity index (χ3n) is 10.8. The molecule has 18 nitrogen and oxygen atoms in total. The number of nitrogens with one attached hydrogen (secondary N) is 3.